The molecule has 0 spiro atoms. The van der Waals surface area contributed by atoms with Crippen LogP contribution in [0.3, 0.4) is 0 Å². The molecular formula is C18H19ClN2O4S. The second-order valence-corrected chi connectivity index (χ2v) is 8.47. The number of benzene rings is 2. The van der Waals surface area contributed by atoms with Crippen molar-refractivity contribution in [3.8, 4) is 0 Å². The fourth-order valence-electron chi connectivity index (χ4n) is 2.75. The van der Waals surface area contributed by atoms with Crippen molar-refractivity contribution in [2.75, 3.05) is 42.8 Å². The van der Waals surface area contributed by atoms with Crippen LogP contribution in [0.2, 0.25) is 5.02 Å². The highest BCUT2D eigenvalue weighted by molar-refractivity contribution is 7.90. The molecule has 3 rings (SSSR count). The van der Waals surface area contributed by atoms with Gasteiger partial charge in [0.15, 0.2) is 9.84 Å². The standard InChI is InChI=1S/C18H19ClN2O4S/c1-26(23,24)15-4-2-3-13(11-15)18(22)20-16-12-14(19)5-6-17(16)21-7-9-25-10-8-21/h2-6,11-12H,7-10H2,1H3,(H,20,22). The molecule has 1 aliphatic heterocycles. The van der Waals surface area contributed by atoms with Crippen LogP contribution in [0, 0.1) is 0 Å². The number of rotatable bonds is 4. The van der Waals surface area contributed by atoms with Crippen LogP contribution in [0.4, 0.5) is 11.4 Å². The van der Waals surface area contributed by atoms with Crippen LogP contribution in [-0.2, 0) is 14.6 Å². The summed E-state index contributed by atoms with van der Waals surface area (Å²) in [5, 5.41) is 3.34. The molecule has 138 valence electrons. The van der Waals surface area contributed by atoms with Gasteiger partial charge in [0, 0.05) is 29.9 Å². The summed E-state index contributed by atoms with van der Waals surface area (Å²) in [6, 6.07) is 11.3. The van der Waals surface area contributed by atoms with E-state index in [1.165, 1.54) is 12.1 Å². The number of hydrogen-bond acceptors (Lipinski definition) is 5. The van der Waals surface area contributed by atoms with E-state index in [1.807, 2.05) is 6.07 Å². The average molecular weight is 395 g/mol. The smallest absolute Gasteiger partial charge is 0.255 e. The predicted octanol–water partition coefficient (Wildman–Crippen LogP) is 2.83. The zero-order chi connectivity index (χ0) is 18.7. The van der Waals surface area contributed by atoms with Crippen molar-refractivity contribution >= 4 is 38.7 Å². The van der Waals surface area contributed by atoms with Crippen LogP contribution in [-0.4, -0.2) is 46.9 Å². The first kappa shape index (κ1) is 18.7. The van der Waals surface area contributed by atoms with E-state index in [1.54, 1.807) is 24.3 Å². The molecule has 1 saturated heterocycles. The lowest BCUT2D eigenvalue weighted by Gasteiger charge is -2.30. The third-order valence-electron chi connectivity index (χ3n) is 4.08. The zero-order valence-corrected chi connectivity index (χ0v) is 15.8. The number of nitrogens with zero attached hydrogens (tertiary/aromatic N) is 1. The minimum atomic E-state index is -3.39. The molecule has 2 aromatic rings. The molecule has 26 heavy (non-hydrogen) atoms. The molecule has 0 aromatic heterocycles. The maximum absolute atomic E-state index is 12.6. The molecule has 1 amide bonds. The number of halogens is 1. The van der Waals surface area contributed by atoms with Gasteiger partial charge in [0.05, 0.1) is 29.5 Å². The first-order valence-electron chi connectivity index (χ1n) is 8.08. The summed E-state index contributed by atoms with van der Waals surface area (Å²) < 4.78 is 28.8. The van der Waals surface area contributed by atoms with E-state index in [0.717, 1.165) is 11.9 Å². The molecule has 0 bridgehead atoms. The van der Waals surface area contributed by atoms with E-state index < -0.39 is 15.7 Å². The Balaban J connectivity index is 1.89. The van der Waals surface area contributed by atoms with Gasteiger partial charge in [-0.1, -0.05) is 17.7 Å². The van der Waals surface area contributed by atoms with Crippen molar-refractivity contribution in [3.63, 3.8) is 0 Å². The predicted molar refractivity (Wildman–Crippen MR) is 102 cm³/mol. The van der Waals surface area contributed by atoms with Gasteiger partial charge in [-0.15, -0.1) is 0 Å². The molecule has 6 nitrogen and oxygen atoms in total. The number of amides is 1. The number of nitrogens with one attached hydrogen (secondary N) is 1. The highest BCUT2D eigenvalue weighted by Crippen LogP contribution is 2.30. The van der Waals surface area contributed by atoms with Gasteiger partial charge in [0.2, 0.25) is 0 Å². The summed E-state index contributed by atoms with van der Waals surface area (Å²) >= 11 is 6.10. The zero-order valence-electron chi connectivity index (χ0n) is 14.2. The summed E-state index contributed by atoms with van der Waals surface area (Å²) in [5.74, 6) is -0.396. The van der Waals surface area contributed by atoms with Crippen LogP contribution in [0.15, 0.2) is 47.4 Å². The Hall–Kier alpha value is -2.09. The monoisotopic (exact) mass is 394 g/mol. The van der Waals surface area contributed by atoms with Crippen molar-refractivity contribution in [1.82, 2.24) is 0 Å². The topological polar surface area (TPSA) is 75.7 Å². The molecule has 1 aliphatic rings. The van der Waals surface area contributed by atoms with E-state index in [9.17, 15) is 13.2 Å². The number of morpholine rings is 1. The highest BCUT2D eigenvalue weighted by Gasteiger charge is 2.18. The number of carbonyl (C=O) groups excluding carboxylic acids is 1. The lowest BCUT2D eigenvalue weighted by molar-refractivity contribution is 0.102. The van der Waals surface area contributed by atoms with Gasteiger partial charge in [-0.25, -0.2) is 8.42 Å². The SMILES string of the molecule is CS(=O)(=O)c1cccc(C(=O)Nc2cc(Cl)ccc2N2CCOCC2)c1. The minimum Gasteiger partial charge on any atom is -0.378 e. The van der Waals surface area contributed by atoms with Gasteiger partial charge in [-0.2, -0.15) is 0 Å². The molecule has 0 atom stereocenters. The van der Waals surface area contributed by atoms with Crippen LogP contribution >= 0.6 is 11.6 Å². The van der Waals surface area contributed by atoms with E-state index in [0.29, 0.717) is 37.0 Å². The average Bonchev–Trinajstić information content (AvgIpc) is 2.62. The minimum absolute atomic E-state index is 0.102. The number of anilines is 2. The summed E-state index contributed by atoms with van der Waals surface area (Å²) in [5.41, 5.74) is 1.69. The van der Waals surface area contributed by atoms with Gasteiger partial charge in [0.25, 0.3) is 5.91 Å². The molecule has 8 heteroatoms. The second-order valence-electron chi connectivity index (χ2n) is 6.02. The van der Waals surface area contributed by atoms with Gasteiger partial charge in [0.1, 0.15) is 0 Å². The largest absolute Gasteiger partial charge is 0.378 e. The molecular weight excluding hydrogens is 376 g/mol. The number of hydrogen-bond donors (Lipinski definition) is 1. The summed E-state index contributed by atoms with van der Waals surface area (Å²) in [6.07, 6.45) is 1.11. The first-order chi connectivity index (χ1) is 12.3. The Morgan fingerprint density at radius 3 is 2.58 bits per heavy atom. The van der Waals surface area contributed by atoms with Crippen LogP contribution in [0.5, 0.6) is 0 Å². The highest BCUT2D eigenvalue weighted by atomic mass is 35.5. The lowest BCUT2D eigenvalue weighted by atomic mass is 10.2. The maximum Gasteiger partial charge on any atom is 0.255 e. The van der Waals surface area contributed by atoms with Gasteiger partial charge >= 0.3 is 0 Å². The third kappa shape index (κ3) is 4.35. The summed E-state index contributed by atoms with van der Waals surface area (Å²) in [4.78, 5) is 14.9. The van der Waals surface area contributed by atoms with Crippen LogP contribution in [0.1, 0.15) is 10.4 Å². The quantitative estimate of drug-likeness (QED) is 0.862. The van der Waals surface area contributed by atoms with Crippen molar-refractivity contribution < 1.29 is 17.9 Å². The molecule has 2 aromatic carbocycles. The molecule has 0 saturated carbocycles. The first-order valence-corrected chi connectivity index (χ1v) is 10.4. The van der Waals surface area contributed by atoms with E-state index in [4.69, 9.17) is 16.3 Å². The molecule has 1 fully saturated rings. The lowest BCUT2D eigenvalue weighted by Crippen LogP contribution is -2.36. The Bertz CT molecular complexity index is 925. The molecule has 1 heterocycles. The van der Waals surface area contributed by atoms with Crippen molar-refractivity contribution in [3.05, 3.63) is 53.1 Å². The normalized spacial score (nSPS) is 14.9. The van der Waals surface area contributed by atoms with Gasteiger partial charge < -0.3 is 15.0 Å². The van der Waals surface area contributed by atoms with Crippen molar-refractivity contribution in [2.24, 2.45) is 0 Å². The Morgan fingerprint density at radius 1 is 1.15 bits per heavy atom. The molecule has 0 radical (unpaired) electrons. The summed E-state index contributed by atoms with van der Waals surface area (Å²) in [7, 11) is -3.39. The molecule has 1 N–H and O–H groups in total. The number of ether oxygens (including phenoxy) is 1. The fraction of sp³-hybridized carbons (Fsp3) is 0.278. The Morgan fingerprint density at radius 2 is 1.88 bits per heavy atom. The van der Waals surface area contributed by atoms with Crippen LogP contribution < -0.4 is 10.2 Å². The molecule has 0 unspecified atom stereocenters. The van der Waals surface area contributed by atoms with E-state index in [2.05, 4.69) is 10.2 Å². The maximum atomic E-state index is 12.6. The second kappa shape index (κ2) is 7.65. The summed E-state index contributed by atoms with van der Waals surface area (Å²) in [6.45, 7) is 2.67. The van der Waals surface area contributed by atoms with Crippen molar-refractivity contribution in [1.29, 1.82) is 0 Å². The van der Waals surface area contributed by atoms with E-state index in [-0.39, 0.29) is 10.5 Å². The Kier molecular flexibility index (Phi) is 5.50. The number of carbonyl (C=O) groups is 1. The fourth-order valence-corrected chi connectivity index (χ4v) is 3.59. The Labute approximate surface area is 157 Å². The third-order valence-corrected chi connectivity index (χ3v) is 5.43. The van der Waals surface area contributed by atoms with Gasteiger partial charge in [-0.05, 0) is 36.4 Å². The number of sulfone groups is 1. The van der Waals surface area contributed by atoms with Gasteiger partial charge in [-0.3, -0.25) is 4.79 Å². The van der Waals surface area contributed by atoms with Crippen LogP contribution in [0.25, 0.3) is 0 Å². The molecule has 0 aliphatic carbocycles. The van der Waals surface area contributed by atoms with Crippen molar-refractivity contribution in [2.45, 2.75) is 4.90 Å². The van der Waals surface area contributed by atoms with E-state index >= 15 is 0 Å².